The molecule has 0 heterocycles. The maximum atomic E-state index is 12.5. The van der Waals surface area contributed by atoms with E-state index in [2.05, 4.69) is 10.6 Å². The minimum atomic E-state index is -0.980. The van der Waals surface area contributed by atoms with E-state index in [1.54, 1.807) is 42.5 Å². The van der Waals surface area contributed by atoms with Gasteiger partial charge in [-0.15, -0.1) is 0 Å². The molecule has 2 aromatic carbocycles. The monoisotopic (exact) mass is 402 g/mol. The molecular formula is C21H23ClN2O4. The normalized spacial score (nSPS) is 12.0. The fraction of sp³-hybridized carbons (Fsp3) is 0.286. The van der Waals surface area contributed by atoms with E-state index in [9.17, 15) is 14.4 Å². The van der Waals surface area contributed by atoms with Crippen LogP contribution in [0.25, 0.3) is 0 Å². The molecule has 2 aromatic rings. The van der Waals surface area contributed by atoms with Crippen LogP contribution in [0.15, 0.2) is 48.5 Å². The molecule has 0 saturated heterocycles. The van der Waals surface area contributed by atoms with Crippen molar-refractivity contribution in [1.29, 1.82) is 0 Å². The van der Waals surface area contributed by atoms with Gasteiger partial charge >= 0.3 is 5.97 Å². The van der Waals surface area contributed by atoms with E-state index in [0.717, 1.165) is 0 Å². The number of hydrogen-bond acceptors (Lipinski definition) is 4. The number of amides is 2. The summed E-state index contributed by atoms with van der Waals surface area (Å²) in [6.45, 7) is 7.00. The highest BCUT2D eigenvalue weighted by atomic mass is 35.5. The van der Waals surface area contributed by atoms with Crippen molar-refractivity contribution in [2.75, 3.05) is 5.32 Å². The van der Waals surface area contributed by atoms with Gasteiger partial charge in [-0.25, -0.2) is 4.79 Å². The Bertz CT molecular complexity index is 873. The van der Waals surface area contributed by atoms with Crippen LogP contribution in [0.5, 0.6) is 0 Å². The van der Waals surface area contributed by atoms with Crippen molar-refractivity contribution >= 4 is 35.1 Å². The van der Waals surface area contributed by atoms with E-state index in [1.165, 1.54) is 13.0 Å². The Morgan fingerprint density at radius 2 is 1.61 bits per heavy atom. The summed E-state index contributed by atoms with van der Waals surface area (Å²) in [4.78, 5) is 37.1. The van der Waals surface area contributed by atoms with E-state index < -0.39 is 29.4 Å². The molecule has 6 nitrogen and oxygen atoms in total. The number of ether oxygens (including phenoxy) is 1. The summed E-state index contributed by atoms with van der Waals surface area (Å²) in [7, 11) is 0. The molecule has 0 aliphatic rings. The van der Waals surface area contributed by atoms with Gasteiger partial charge in [-0.1, -0.05) is 23.7 Å². The summed E-state index contributed by atoms with van der Waals surface area (Å²) >= 11 is 5.83. The van der Waals surface area contributed by atoms with E-state index >= 15 is 0 Å². The molecule has 0 spiro atoms. The van der Waals surface area contributed by atoms with Crippen LogP contribution in [-0.4, -0.2) is 29.4 Å². The molecule has 2 amide bonds. The number of halogens is 1. The number of anilines is 1. The molecular weight excluding hydrogens is 380 g/mol. The first-order valence-electron chi connectivity index (χ1n) is 8.76. The fourth-order valence-electron chi connectivity index (χ4n) is 2.31. The van der Waals surface area contributed by atoms with Crippen LogP contribution >= 0.6 is 11.6 Å². The number of carbonyl (C=O) groups is 3. The van der Waals surface area contributed by atoms with Crippen molar-refractivity contribution in [3.63, 3.8) is 0 Å². The first-order valence-corrected chi connectivity index (χ1v) is 9.13. The molecule has 0 fully saturated rings. The average molecular weight is 403 g/mol. The molecule has 7 heteroatoms. The van der Waals surface area contributed by atoms with Crippen molar-refractivity contribution in [2.24, 2.45) is 0 Å². The van der Waals surface area contributed by atoms with E-state index in [1.807, 2.05) is 20.8 Å². The number of nitrogens with one attached hydrogen (secondary N) is 2. The maximum absolute atomic E-state index is 12.5. The van der Waals surface area contributed by atoms with Crippen molar-refractivity contribution in [3.05, 3.63) is 64.7 Å². The van der Waals surface area contributed by atoms with Crippen LogP contribution in [0, 0.1) is 0 Å². The van der Waals surface area contributed by atoms with Gasteiger partial charge in [0, 0.05) is 16.1 Å². The number of para-hydroxylation sites is 1. The highest BCUT2D eigenvalue weighted by molar-refractivity contribution is 6.30. The molecule has 0 radical (unpaired) electrons. The van der Waals surface area contributed by atoms with Crippen LogP contribution in [0.4, 0.5) is 5.69 Å². The van der Waals surface area contributed by atoms with Gasteiger partial charge in [0.2, 0.25) is 0 Å². The van der Waals surface area contributed by atoms with Gasteiger partial charge in [-0.05, 0) is 64.1 Å². The Morgan fingerprint density at radius 1 is 1.00 bits per heavy atom. The van der Waals surface area contributed by atoms with Crippen molar-refractivity contribution in [2.45, 2.75) is 39.3 Å². The van der Waals surface area contributed by atoms with Crippen LogP contribution in [0.2, 0.25) is 5.02 Å². The van der Waals surface area contributed by atoms with Crippen molar-refractivity contribution < 1.29 is 19.1 Å². The number of hydrogen-bond donors (Lipinski definition) is 2. The summed E-state index contributed by atoms with van der Waals surface area (Å²) in [5.74, 6) is -1.50. The average Bonchev–Trinajstić information content (AvgIpc) is 2.61. The van der Waals surface area contributed by atoms with Gasteiger partial charge in [0.25, 0.3) is 11.8 Å². The zero-order chi connectivity index (χ0) is 20.9. The largest absolute Gasteiger partial charge is 0.449 e. The van der Waals surface area contributed by atoms with Gasteiger partial charge in [0.05, 0.1) is 11.3 Å². The zero-order valence-electron chi connectivity index (χ0n) is 16.2. The Balaban J connectivity index is 2.12. The minimum Gasteiger partial charge on any atom is -0.449 e. The lowest BCUT2D eigenvalue weighted by molar-refractivity contribution is -0.130. The molecule has 148 valence electrons. The molecule has 0 aliphatic carbocycles. The quantitative estimate of drug-likeness (QED) is 0.739. The molecule has 2 N–H and O–H groups in total. The number of benzene rings is 2. The highest BCUT2D eigenvalue weighted by Gasteiger charge is 2.24. The van der Waals surface area contributed by atoms with E-state index in [4.69, 9.17) is 16.3 Å². The third-order valence-corrected chi connectivity index (χ3v) is 3.90. The second-order valence-electron chi connectivity index (χ2n) is 7.29. The Kier molecular flexibility index (Phi) is 6.80. The lowest BCUT2D eigenvalue weighted by Gasteiger charge is -2.23. The molecule has 28 heavy (non-hydrogen) atoms. The van der Waals surface area contributed by atoms with Gasteiger partial charge in [-0.2, -0.15) is 0 Å². The number of esters is 1. The molecule has 0 aromatic heterocycles. The van der Waals surface area contributed by atoms with Crippen LogP contribution in [0.1, 0.15) is 48.4 Å². The van der Waals surface area contributed by atoms with Crippen molar-refractivity contribution in [1.82, 2.24) is 5.32 Å². The predicted molar refractivity (Wildman–Crippen MR) is 109 cm³/mol. The lowest BCUT2D eigenvalue weighted by atomic mass is 10.1. The van der Waals surface area contributed by atoms with Gasteiger partial charge < -0.3 is 15.4 Å². The molecule has 1 atom stereocenters. The van der Waals surface area contributed by atoms with Gasteiger partial charge in [-0.3, -0.25) is 9.59 Å². The van der Waals surface area contributed by atoms with Crippen molar-refractivity contribution in [3.8, 4) is 0 Å². The minimum absolute atomic E-state index is 0.153. The fourth-order valence-corrected chi connectivity index (χ4v) is 2.44. The maximum Gasteiger partial charge on any atom is 0.341 e. The van der Waals surface area contributed by atoms with Crippen LogP contribution in [0.3, 0.4) is 0 Å². The SMILES string of the molecule is C[C@H](OC(=O)c1ccccc1NC(=O)c1ccc(Cl)cc1)C(=O)NC(C)(C)C. The Hall–Kier alpha value is -2.86. The van der Waals surface area contributed by atoms with Gasteiger partial charge in [0.1, 0.15) is 0 Å². The molecule has 0 bridgehead atoms. The van der Waals surface area contributed by atoms with Crippen LogP contribution < -0.4 is 10.6 Å². The first kappa shape index (κ1) is 21.4. The summed E-state index contributed by atoms with van der Waals surface area (Å²) in [5.41, 5.74) is 0.393. The number of carbonyl (C=O) groups excluding carboxylic acids is 3. The molecule has 2 rings (SSSR count). The van der Waals surface area contributed by atoms with Crippen LogP contribution in [-0.2, 0) is 9.53 Å². The predicted octanol–water partition coefficient (Wildman–Crippen LogP) is 4.05. The number of rotatable bonds is 5. The lowest BCUT2D eigenvalue weighted by Crippen LogP contribution is -2.46. The molecule has 0 unspecified atom stereocenters. The summed E-state index contributed by atoms with van der Waals surface area (Å²) < 4.78 is 5.27. The van der Waals surface area contributed by atoms with E-state index in [-0.39, 0.29) is 11.3 Å². The summed E-state index contributed by atoms with van der Waals surface area (Å²) in [5, 5.41) is 5.95. The second-order valence-corrected chi connectivity index (χ2v) is 7.73. The Labute approximate surface area is 169 Å². The highest BCUT2D eigenvalue weighted by Crippen LogP contribution is 2.19. The van der Waals surface area contributed by atoms with Gasteiger partial charge in [0.15, 0.2) is 6.10 Å². The summed E-state index contributed by atoms with van der Waals surface area (Å²) in [6, 6.07) is 12.8. The van der Waals surface area contributed by atoms with E-state index in [0.29, 0.717) is 10.6 Å². The second kappa shape index (κ2) is 8.89. The smallest absolute Gasteiger partial charge is 0.341 e. The molecule has 0 saturated carbocycles. The first-order chi connectivity index (χ1) is 13.1. The Morgan fingerprint density at radius 3 is 2.21 bits per heavy atom. The summed E-state index contributed by atoms with van der Waals surface area (Å²) in [6.07, 6.45) is -0.980. The third-order valence-electron chi connectivity index (χ3n) is 3.65. The standard InChI is InChI=1S/C21H23ClN2O4/c1-13(18(25)24-21(2,3)4)28-20(27)16-7-5-6-8-17(16)23-19(26)14-9-11-15(22)12-10-14/h5-13H,1-4H3,(H,23,26)(H,24,25)/t13-/m0/s1. The topological polar surface area (TPSA) is 84.5 Å². The zero-order valence-corrected chi connectivity index (χ0v) is 17.0. The molecule has 0 aliphatic heterocycles. The third kappa shape index (κ3) is 6.09.